The number of ether oxygens (including phenoxy) is 3. The summed E-state index contributed by atoms with van der Waals surface area (Å²) >= 11 is 0. The molecule has 134 valence electrons. The summed E-state index contributed by atoms with van der Waals surface area (Å²) in [6.07, 6.45) is 2.22. The highest BCUT2D eigenvalue weighted by Crippen LogP contribution is 2.37. The van der Waals surface area contributed by atoms with Crippen molar-refractivity contribution < 1.29 is 29.4 Å². The van der Waals surface area contributed by atoms with Crippen molar-refractivity contribution in [2.24, 2.45) is 5.92 Å². The van der Waals surface area contributed by atoms with Gasteiger partial charge in [-0.25, -0.2) is 0 Å². The summed E-state index contributed by atoms with van der Waals surface area (Å²) in [5.74, 6) is 0.578. The van der Waals surface area contributed by atoms with E-state index in [4.69, 9.17) is 14.2 Å². The van der Waals surface area contributed by atoms with Gasteiger partial charge in [-0.1, -0.05) is 0 Å². The molecule has 6 heteroatoms. The number of phenols is 1. The van der Waals surface area contributed by atoms with Crippen LogP contribution in [0.25, 0.3) is 0 Å². The standard InChI is InChI=1S/C18H27NO5/c1-18(2,13-5-7-19-8-6-13)24-16(20)11-12-9-14(22-3)17(21)15(10-12)23-4/h9-10,13,19,21H,5-8,11H2,1-4H3/p+1. The van der Waals surface area contributed by atoms with Crippen LogP contribution >= 0.6 is 0 Å². The maximum atomic E-state index is 12.4. The van der Waals surface area contributed by atoms with Crippen molar-refractivity contribution >= 4 is 5.97 Å². The fraction of sp³-hybridized carbons (Fsp3) is 0.611. The molecule has 0 radical (unpaired) electrons. The van der Waals surface area contributed by atoms with Crippen LogP contribution in [-0.4, -0.2) is 44.0 Å². The third-order valence-corrected chi connectivity index (χ3v) is 4.69. The average molecular weight is 338 g/mol. The zero-order valence-electron chi connectivity index (χ0n) is 14.9. The number of piperidine rings is 1. The largest absolute Gasteiger partial charge is 0.502 e. The first-order valence-electron chi connectivity index (χ1n) is 8.34. The summed E-state index contributed by atoms with van der Waals surface area (Å²) in [4.78, 5) is 12.4. The second kappa shape index (κ2) is 7.75. The highest BCUT2D eigenvalue weighted by molar-refractivity contribution is 5.74. The van der Waals surface area contributed by atoms with Gasteiger partial charge in [0.25, 0.3) is 0 Å². The highest BCUT2D eigenvalue weighted by Gasteiger charge is 2.35. The zero-order chi connectivity index (χ0) is 17.7. The Morgan fingerprint density at radius 2 is 1.75 bits per heavy atom. The van der Waals surface area contributed by atoms with E-state index in [9.17, 15) is 9.90 Å². The lowest BCUT2D eigenvalue weighted by atomic mass is 9.83. The molecule has 0 aromatic heterocycles. The minimum Gasteiger partial charge on any atom is -0.502 e. The number of benzene rings is 1. The lowest BCUT2D eigenvalue weighted by Gasteiger charge is -2.35. The number of esters is 1. The SMILES string of the molecule is COc1cc(CC(=O)OC(C)(C)C2CC[NH2+]CC2)cc(OC)c1O. The van der Waals surface area contributed by atoms with Gasteiger partial charge in [0.05, 0.1) is 33.7 Å². The van der Waals surface area contributed by atoms with Crippen molar-refractivity contribution in [3.05, 3.63) is 17.7 Å². The maximum Gasteiger partial charge on any atom is 0.310 e. The van der Waals surface area contributed by atoms with Crippen molar-refractivity contribution in [3.8, 4) is 17.2 Å². The third-order valence-electron chi connectivity index (χ3n) is 4.69. The zero-order valence-corrected chi connectivity index (χ0v) is 14.9. The maximum absolute atomic E-state index is 12.4. The Bertz CT molecular complexity index is 554. The Morgan fingerprint density at radius 3 is 2.25 bits per heavy atom. The Balaban J connectivity index is 2.06. The summed E-state index contributed by atoms with van der Waals surface area (Å²) in [5.41, 5.74) is 0.204. The van der Waals surface area contributed by atoms with Gasteiger partial charge in [-0.3, -0.25) is 4.79 Å². The number of rotatable bonds is 6. The normalized spacial score (nSPS) is 15.8. The van der Waals surface area contributed by atoms with Crippen molar-refractivity contribution in [1.82, 2.24) is 0 Å². The van der Waals surface area contributed by atoms with E-state index < -0.39 is 5.60 Å². The number of phenolic OH excluding ortho intramolecular Hbond substituents is 1. The van der Waals surface area contributed by atoms with E-state index in [1.165, 1.54) is 14.2 Å². The van der Waals surface area contributed by atoms with Gasteiger partial charge in [-0.2, -0.15) is 0 Å². The van der Waals surface area contributed by atoms with Gasteiger partial charge in [0.1, 0.15) is 5.60 Å². The first-order valence-corrected chi connectivity index (χ1v) is 8.34. The fourth-order valence-corrected chi connectivity index (χ4v) is 3.25. The molecular formula is C18H28NO5+. The summed E-state index contributed by atoms with van der Waals surface area (Å²) < 4.78 is 16.0. The molecule has 1 aromatic carbocycles. The average Bonchev–Trinajstić information content (AvgIpc) is 2.56. The Morgan fingerprint density at radius 1 is 1.21 bits per heavy atom. The number of hydrogen-bond acceptors (Lipinski definition) is 5. The number of hydrogen-bond donors (Lipinski definition) is 2. The number of carbonyl (C=O) groups excluding carboxylic acids is 1. The molecule has 0 spiro atoms. The van der Waals surface area contributed by atoms with Gasteiger partial charge in [0.2, 0.25) is 5.75 Å². The molecule has 3 N–H and O–H groups in total. The van der Waals surface area contributed by atoms with Crippen LogP contribution in [0.5, 0.6) is 17.2 Å². The Labute approximate surface area is 143 Å². The lowest BCUT2D eigenvalue weighted by Crippen LogP contribution is -2.86. The summed E-state index contributed by atoms with van der Waals surface area (Å²) in [6.45, 7) is 6.13. The van der Waals surface area contributed by atoms with Gasteiger partial charge in [0.15, 0.2) is 11.5 Å². The van der Waals surface area contributed by atoms with Crippen LogP contribution in [0.1, 0.15) is 32.3 Å². The van der Waals surface area contributed by atoms with Gasteiger partial charge in [0, 0.05) is 18.8 Å². The van der Waals surface area contributed by atoms with Crippen molar-refractivity contribution in [3.63, 3.8) is 0 Å². The van der Waals surface area contributed by atoms with Crippen molar-refractivity contribution in [2.75, 3.05) is 27.3 Å². The van der Waals surface area contributed by atoms with E-state index in [1.54, 1.807) is 12.1 Å². The molecule has 0 saturated carbocycles. The fourth-order valence-electron chi connectivity index (χ4n) is 3.25. The van der Waals surface area contributed by atoms with Crippen LogP contribution in [0, 0.1) is 5.92 Å². The molecule has 2 rings (SSSR count). The molecule has 1 saturated heterocycles. The highest BCUT2D eigenvalue weighted by atomic mass is 16.6. The molecule has 24 heavy (non-hydrogen) atoms. The molecule has 0 atom stereocenters. The van der Waals surface area contributed by atoms with E-state index in [2.05, 4.69) is 5.32 Å². The first-order chi connectivity index (χ1) is 11.4. The van der Waals surface area contributed by atoms with Crippen LogP contribution in [0.4, 0.5) is 0 Å². The van der Waals surface area contributed by atoms with Crippen molar-refractivity contribution in [2.45, 2.75) is 38.7 Å². The second-order valence-electron chi connectivity index (χ2n) is 6.74. The third kappa shape index (κ3) is 4.32. The first kappa shape index (κ1) is 18.4. The molecule has 1 fully saturated rings. The number of methoxy groups -OCH3 is 2. The predicted molar refractivity (Wildman–Crippen MR) is 89.5 cm³/mol. The van der Waals surface area contributed by atoms with Crippen LogP contribution in [-0.2, 0) is 16.0 Å². The number of nitrogens with two attached hydrogens (primary N) is 1. The molecule has 6 nitrogen and oxygen atoms in total. The van der Waals surface area contributed by atoms with Gasteiger partial charge in [-0.05, 0) is 31.5 Å². The van der Waals surface area contributed by atoms with Crippen LogP contribution < -0.4 is 14.8 Å². The minimum absolute atomic E-state index is 0.0732. The van der Waals surface area contributed by atoms with Crippen LogP contribution in [0.3, 0.4) is 0 Å². The van der Waals surface area contributed by atoms with E-state index in [0.29, 0.717) is 11.5 Å². The van der Waals surface area contributed by atoms with E-state index in [0.717, 1.165) is 25.9 Å². The molecule has 0 amide bonds. The predicted octanol–water partition coefficient (Wildman–Crippen LogP) is 1.25. The van der Waals surface area contributed by atoms with Crippen LogP contribution in [0.2, 0.25) is 0 Å². The van der Waals surface area contributed by atoms with Gasteiger partial charge in [-0.15, -0.1) is 0 Å². The molecule has 1 aromatic rings. The van der Waals surface area contributed by atoms with Gasteiger partial charge >= 0.3 is 5.97 Å². The van der Waals surface area contributed by atoms with Gasteiger partial charge < -0.3 is 24.6 Å². The summed E-state index contributed by atoms with van der Waals surface area (Å²) in [7, 11) is 2.92. The Kier molecular flexibility index (Phi) is 5.94. The molecule has 0 unspecified atom stereocenters. The number of quaternary nitrogens is 1. The quantitative estimate of drug-likeness (QED) is 0.763. The van der Waals surface area contributed by atoms with E-state index in [1.807, 2.05) is 13.8 Å². The van der Waals surface area contributed by atoms with E-state index in [-0.39, 0.29) is 29.6 Å². The number of aromatic hydroxyl groups is 1. The summed E-state index contributed by atoms with van der Waals surface area (Å²) in [6, 6.07) is 3.25. The molecule has 1 aliphatic heterocycles. The van der Waals surface area contributed by atoms with E-state index >= 15 is 0 Å². The minimum atomic E-state index is -0.476. The van der Waals surface area contributed by atoms with Crippen molar-refractivity contribution in [1.29, 1.82) is 0 Å². The molecule has 1 aliphatic rings. The lowest BCUT2D eigenvalue weighted by molar-refractivity contribution is -0.665. The summed E-state index contributed by atoms with van der Waals surface area (Å²) in [5, 5.41) is 12.2. The topological polar surface area (TPSA) is 81.6 Å². The Hall–Kier alpha value is -1.95. The smallest absolute Gasteiger partial charge is 0.310 e. The second-order valence-corrected chi connectivity index (χ2v) is 6.74. The molecule has 0 bridgehead atoms. The van der Waals surface area contributed by atoms with Crippen LogP contribution in [0.15, 0.2) is 12.1 Å². The molecule has 1 heterocycles. The number of carbonyl (C=O) groups is 1. The monoisotopic (exact) mass is 338 g/mol. The molecule has 0 aliphatic carbocycles. The molecular weight excluding hydrogens is 310 g/mol.